The average Bonchev–Trinajstić information content (AvgIpc) is 3.23. The lowest BCUT2D eigenvalue weighted by Crippen LogP contribution is -2.18. The van der Waals surface area contributed by atoms with Gasteiger partial charge in [0, 0.05) is 19.3 Å². The largest absolute Gasteiger partial charge is 0.457 e. The van der Waals surface area contributed by atoms with E-state index in [1.807, 2.05) is 66.7 Å². The lowest BCUT2D eigenvalue weighted by Gasteiger charge is -2.18. The molecule has 0 spiro atoms. The summed E-state index contributed by atoms with van der Waals surface area (Å²) in [4.78, 5) is 6.53. The third kappa shape index (κ3) is 4.34. The molecule has 0 N–H and O–H groups in total. The van der Waals surface area contributed by atoms with Gasteiger partial charge in [0.15, 0.2) is 0 Å². The van der Waals surface area contributed by atoms with Crippen LogP contribution in [0, 0.1) is 5.82 Å². The van der Waals surface area contributed by atoms with Gasteiger partial charge in [0.1, 0.15) is 17.3 Å². The highest BCUT2D eigenvalue weighted by molar-refractivity contribution is 5.82. The van der Waals surface area contributed by atoms with E-state index in [1.54, 1.807) is 12.3 Å². The number of benzene rings is 3. The zero-order chi connectivity index (χ0) is 18.5. The molecule has 1 fully saturated rings. The van der Waals surface area contributed by atoms with Gasteiger partial charge in [-0.3, -0.25) is 4.99 Å². The zero-order valence-electron chi connectivity index (χ0n) is 15.0. The summed E-state index contributed by atoms with van der Waals surface area (Å²) in [7, 11) is 0. The molecule has 1 saturated heterocycles. The van der Waals surface area contributed by atoms with Crippen LogP contribution in [0.2, 0.25) is 0 Å². The lowest BCUT2D eigenvalue weighted by molar-refractivity contribution is 0.483. The summed E-state index contributed by atoms with van der Waals surface area (Å²) in [6.45, 7) is 1.86. The highest BCUT2D eigenvalue weighted by Crippen LogP contribution is 2.25. The van der Waals surface area contributed by atoms with Gasteiger partial charge in [0.05, 0.1) is 11.4 Å². The maximum atomic E-state index is 14.4. The van der Waals surface area contributed by atoms with Crippen LogP contribution in [0.1, 0.15) is 18.4 Å². The predicted octanol–water partition coefficient (Wildman–Crippen LogP) is 5.97. The van der Waals surface area contributed by atoms with Gasteiger partial charge >= 0.3 is 0 Å². The normalized spacial score (nSPS) is 14.0. The van der Waals surface area contributed by atoms with Crippen LogP contribution < -0.4 is 9.64 Å². The molecule has 27 heavy (non-hydrogen) atoms. The summed E-state index contributed by atoms with van der Waals surface area (Å²) in [5, 5.41) is 0. The Kier molecular flexibility index (Phi) is 5.15. The van der Waals surface area contributed by atoms with Crippen molar-refractivity contribution >= 4 is 17.6 Å². The molecule has 3 aromatic rings. The first kappa shape index (κ1) is 17.3. The maximum absolute atomic E-state index is 14.4. The van der Waals surface area contributed by atoms with Gasteiger partial charge in [0.2, 0.25) is 0 Å². The van der Waals surface area contributed by atoms with Crippen LogP contribution in [0.4, 0.5) is 15.8 Å². The third-order valence-corrected chi connectivity index (χ3v) is 4.60. The predicted molar refractivity (Wildman–Crippen MR) is 108 cm³/mol. The Morgan fingerprint density at radius 1 is 0.852 bits per heavy atom. The van der Waals surface area contributed by atoms with Gasteiger partial charge in [-0.15, -0.1) is 0 Å². The number of hydrogen-bond acceptors (Lipinski definition) is 3. The number of aliphatic imine (C=N–C) groups is 1. The van der Waals surface area contributed by atoms with Crippen LogP contribution in [-0.2, 0) is 0 Å². The summed E-state index contributed by atoms with van der Waals surface area (Å²) in [6, 6.07) is 22.4. The number of hydrogen-bond donors (Lipinski definition) is 0. The van der Waals surface area contributed by atoms with Crippen LogP contribution >= 0.6 is 0 Å². The Hall–Kier alpha value is -3.14. The molecule has 4 heteroatoms. The molecule has 0 unspecified atom stereocenters. The van der Waals surface area contributed by atoms with E-state index in [2.05, 4.69) is 9.89 Å². The van der Waals surface area contributed by atoms with Gasteiger partial charge in [-0.1, -0.05) is 24.3 Å². The number of anilines is 1. The highest BCUT2D eigenvalue weighted by atomic mass is 19.1. The first-order chi connectivity index (χ1) is 13.3. The van der Waals surface area contributed by atoms with Crippen LogP contribution in [-0.4, -0.2) is 19.3 Å². The molecule has 1 aliphatic rings. The molecule has 0 radical (unpaired) electrons. The first-order valence-corrected chi connectivity index (χ1v) is 9.19. The van der Waals surface area contributed by atoms with E-state index >= 15 is 0 Å². The fourth-order valence-corrected chi connectivity index (χ4v) is 3.19. The maximum Gasteiger partial charge on any atom is 0.147 e. The highest BCUT2D eigenvalue weighted by Gasteiger charge is 2.15. The quantitative estimate of drug-likeness (QED) is 0.524. The van der Waals surface area contributed by atoms with E-state index in [-0.39, 0.29) is 5.82 Å². The molecule has 3 aromatic carbocycles. The Morgan fingerprint density at radius 2 is 1.56 bits per heavy atom. The van der Waals surface area contributed by atoms with Crippen molar-refractivity contribution in [1.29, 1.82) is 0 Å². The molecular formula is C23H21FN2O. The third-order valence-electron chi connectivity index (χ3n) is 4.60. The molecule has 0 amide bonds. The van der Waals surface area contributed by atoms with Crippen molar-refractivity contribution in [3.8, 4) is 11.5 Å². The van der Waals surface area contributed by atoms with Crippen LogP contribution in [0.15, 0.2) is 77.8 Å². The van der Waals surface area contributed by atoms with Gasteiger partial charge in [-0.2, -0.15) is 0 Å². The number of ether oxygens (including phenoxy) is 1. The lowest BCUT2D eigenvalue weighted by atomic mass is 10.2. The minimum atomic E-state index is -0.188. The van der Waals surface area contributed by atoms with Crippen molar-refractivity contribution in [2.75, 3.05) is 18.0 Å². The molecule has 0 atom stereocenters. The van der Waals surface area contributed by atoms with E-state index in [1.165, 1.54) is 0 Å². The molecule has 0 bridgehead atoms. The molecule has 3 nitrogen and oxygen atoms in total. The fourth-order valence-electron chi connectivity index (χ4n) is 3.19. The van der Waals surface area contributed by atoms with Crippen LogP contribution in [0.5, 0.6) is 11.5 Å². The summed E-state index contributed by atoms with van der Waals surface area (Å²) in [5.74, 6) is 1.36. The summed E-state index contributed by atoms with van der Waals surface area (Å²) < 4.78 is 20.1. The minimum absolute atomic E-state index is 0.188. The second-order valence-corrected chi connectivity index (χ2v) is 6.57. The minimum Gasteiger partial charge on any atom is -0.457 e. The van der Waals surface area contributed by atoms with Crippen LogP contribution in [0.3, 0.4) is 0 Å². The van der Waals surface area contributed by atoms with Gasteiger partial charge in [0.25, 0.3) is 0 Å². The monoisotopic (exact) mass is 360 g/mol. The Labute approximate surface area is 158 Å². The average molecular weight is 360 g/mol. The second-order valence-electron chi connectivity index (χ2n) is 6.57. The number of rotatable bonds is 5. The van der Waals surface area contributed by atoms with Crippen molar-refractivity contribution in [2.24, 2.45) is 4.99 Å². The van der Waals surface area contributed by atoms with E-state index in [9.17, 15) is 4.39 Å². The standard InChI is InChI=1S/C23H21FN2O/c24-22-16-18(8-13-23(22)26-14-4-5-15-26)17-25-19-9-11-21(12-10-19)27-20-6-2-1-3-7-20/h1-3,6-13,16-17H,4-5,14-15H2. The SMILES string of the molecule is Fc1cc(C=Nc2ccc(Oc3ccccc3)cc2)ccc1N1CCCC1. The van der Waals surface area contributed by atoms with Crippen molar-refractivity contribution in [3.63, 3.8) is 0 Å². The Bertz CT molecular complexity index is 917. The summed E-state index contributed by atoms with van der Waals surface area (Å²) in [6.07, 6.45) is 3.95. The summed E-state index contributed by atoms with van der Waals surface area (Å²) in [5.41, 5.74) is 2.23. The molecule has 1 heterocycles. The van der Waals surface area contributed by atoms with E-state index in [0.717, 1.165) is 48.7 Å². The number of halogens is 1. The molecule has 0 saturated carbocycles. The first-order valence-electron chi connectivity index (χ1n) is 9.19. The molecular weight excluding hydrogens is 339 g/mol. The molecule has 0 aromatic heterocycles. The van der Waals surface area contributed by atoms with Crippen molar-refractivity contribution < 1.29 is 9.13 Å². The summed E-state index contributed by atoms with van der Waals surface area (Å²) >= 11 is 0. The van der Waals surface area contributed by atoms with E-state index in [0.29, 0.717) is 5.69 Å². The topological polar surface area (TPSA) is 24.8 Å². The van der Waals surface area contributed by atoms with Gasteiger partial charge < -0.3 is 9.64 Å². The second kappa shape index (κ2) is 8.04. The molecule has 0 aliphatic carbocycles. The molecule has 1 aliphatic heterocycles. The van der Waals surface area contributed by atoms with Crippen LogP contribution in [0.25, 0.3) is 0 Å². The molecule has 4 rings (SSSR count). The number of nitrogens with zero attached hydrogens (tertiary/aromatic N) is 2. The fraction of sp³-hybridized carbons (Fsp3) is 0.174. The van der Waals surface area contributed by atoms with E-state index < -0.39 is 0 Å². The van der Waals surface area contributed by atoms with Crippen molar-refractivity contribution in [3.05, 3.63) is 84.2 Å². The Morgan fingerprint density at radius 3 is 2.26 bits per heavy atom. The number of para-hydroxylation sites is 1. The van der Waals surface area contributed by atoms with Gasteiger partial charge in [-0.25, -0.2) is 4.39 Å². The smallest absolute Gasteiger partial charge is 0.147 e. The Balaban J connectivity index is 1.42. The molecule has 136 valence electrons. The van der Waals surface area contributed by atoms with Crippen molar-refractivity contribution in [2.45, 2.75) is 12.8 Å². The van der Waals surface area contributed by atoms with Crippen molar-refractivity contribution in [1.82, 2.24) is 0 Å². The van der Waals surface area contributed by atoms with Gasteiger partial charge in [-0.05, 0) is 66.9 Å². The zero-order valence-corrected chi connectivity index (χ0v) is 15.0. The van der Waals surface area contributed by atoms with E-state index in [4.69, 9.17) is 4.74 Å².